The third kappa shape index (κ3) is 3.08. The summed E-state index contributed by atoms with van der Waals surface area (Å²) in [5, 5.41) is 4.47. The average molecular weight is 238 g/mol. The van der Waals surface area contributed by atoms with Gasteiger partial charge in [0, 0.05) is 5.69 Å². The zero-order chi connectivity index (χ0) is 13.0. The van der Waals surface area contributed by atoms with Crippen LogP contribution in [-0.2, 0) is 22.5 Å². The zero-order valence-corrected chi connectivity index (χ0v) is 11.4. The number of rotatable bonds is 5. The van der Waals surface area contributed by atoms with Crippen molar-refractivity contribution in [2.75, 3.05) is 6.61 Å². The van der Waals surface area contributed by atoms with E-state index < -0.39 is 0 Å². The van der Waals surface area contributed by atoms with Crippen LogP contribution in [0.1, 0.15) is 37.7 Å². The highest BCUT2D eigenvalue weighted by Gasteiger charge is 2.17. The maximum absolute atomic E-state index is 11.6. The molecule has 96 valence electrons. The predicted octanol–water partition coefficient (Wildman–Crippen LogP) is 2.26. The van der Waals surface area contributed by atoms with Crippen LogP contribution < -0.4 is 0 Å². The van der Waals surface area contributed by atoms with Crippen LogP contribution in [-0.4, -0.2) is 22.4 Å². The van der Waals surface area contributed by atoms with E-state index in [0.717, 1.165) is 17.8 Å². The SMILES string of the molecule is CCOC(=O)C(C)Cn1nc(C)c(CC)c1C. The van der Waals surface area contributed by atoms with Crippen LogP contribution >= 0.6 is 0 Å². The van der Waals surface area contributed by atoms with Crippen LogP contribution in [0.4, 0.5) is 0 Å². The van der Waals surface area contributed by atoms with E-state index in [9.17, 15) is 4.79 Å². The van der Waals surface area contributed by atoms with Gasteiger partial charge in [0.25, 0.3) is 0 Å². The van der Waals surface area contributed by atoms with E-state index in [2.05, 4.69) is 18.9 Å². The third-order valence-electron chi connectivity index (χ3n) is 3.02. The van der Waals surface area contributed by atoms with Gasteiger partial charge in [0.1, 0.15) is 0 Å². The maximum Gasteiger partial charge on any atom is 0.310 e. The van der Waals surface area contributed by atoms with Gasteiger partial charge in [-0.2, -0.15) is 5.10 Å². The van der Waals surface area contributed by atoms with E-state index >= 15 is 0 Å². The number of ether oxygens (including phenoxy) is 1. The fourth-order valence-corrected chi connectivity index (χ4v) is 2.04. The minimum absolute atomic E-state index is 0.155. The van der Waals surface area contributed by atoms with E-state index in [0.29, 0.717) is 13.2 Å². The zero-order valence-electron chi connectivity index (χ0n) is 11.4. The van der Waals surface area contributed by atoms with Crippen LogP contribution in [0.2, 0.25) is 0 Å². The van der Waals surface area contributed by atoms with Crippen molar-refractivity contribution < 1.29 is 9.53 Å². The molecule has 0 N–H and O–H groups in total. The molecule has 4 nitrogen and oxygen atoms in total. The Morgan fingerprint density at radius 1 is 1.41 bits per heavy atom. The van der Waals surface area contributed by atoms with Gasteiger partial charge in [-0.1, -0.05) is 13.8 Å². The number of esters is 1. The highest BCUT2D eigenvalue weighted by atomic mass is 16.5. The third-order valence-corrected chi connectivity index (χ3v) is 3.02. The number of carbonyl (C=O) groups excluding carboxylic acids is 1. The molecule has 0 radical (unpaired) electrons. The summed E-state index contributed by atoms with van der Waals surface area (Å²) in [5.41, 5.74) is 3.49. The molecule has 1 aromatic heterocycles. The number of hydrogen-bond donors (Lipinski definition) is 0. The minimum Gasteiger partial charge on any atom is -0.466 e. The number of carbonyl (C=O) groups is 1. The molecule has 4 heteroatoms. The van der Waals surface area contributed by atoms with Crippen molar-refractivity contribution in [2.24, 2.45) is 5.92 Å². The molecule has 1 aromatic rings. The molecule has 0 saturated heterocycles. The second-order valence-electron chi connectivity index (χ2n) is 4.34. The molecule has 0 aliphatic heterocycles. The lowest BCUT2D eigenvalue weighted by Crippen LogP contribution is -2.21. The van der Waals surface area contributed by atoms with Gasteiger partial charge in [-0.15, -0.1) is 0 Å². The summed E-state index contributed by atoms with van der Waals surface area (Å²) >= 11 is 0. The molecule has 0 aromatic carbocycles. The Morgan fingerprint density at radius 3 is 2.53 bits per heavy atom. The van der Waals surface area contributed by atoms with Crippen LogP contribution in [0.15, 0.2) is 0 Å². The molecular weight excluding hydrogens is 216 g/mol. The quantitative estimate of drug-likeness (QED) is 0.739. The van der Waals surface area contributed by atoms with Crippen LogP contribution in [0.3, 0.4) is 0 Å². The van der Waals surface area contributed by atoms with Gasteiger partial charge in [-0.25, -0.2) is 0 Å². The fraction of sp³-hybridized carbons (Fsp3) is 0.692. The van der Waals surface area contributed by atoms with Crippen molar-refractivity contribution in [1.82, 2.24) is 9.78 Å². The summed E-state index contributed by atoms with van der Waals surface area (Å²) in [4.78, 5) is 11.6. The Bertz CT molecular complexity index is 396. The van der Waals surface area contributed by atoms with Gasteiger partial charge in [0.15, 0.2) is 0 Å². The Morgan fingerprint density at radius 2 is 2.06 bits per heavy atom. The summed E-state index contributed by atoms with van der Waals surface area (Å²) < 4.78 is 6.91. The van der Waals surface area contributed by atoms with Gasteiger partial charge < -0.3 is 4.74 Å². The van der Waals surface area contributed by atoms with E-state index in [1.807, 2.05) is 25.5 Å². The van der Waals surface area contributed by atoms with Crippen molar-refractivity contribution in [1.29, 1.82) is 0 Å². The first kappa shape index (κ1) is 13.7. The number of aromatic nitrogens is 2. The monoisotopic (exact) mass is 238 g/mol. The first-order valence-electron chi connectivity index (χ1n) is 6.20. The summed E-state index contributed by atoms with van der Waals surface area (Å²) in [6.45, 7) is 10.9. The second kappa shape index (κ2) is 5.84. The molecule has 1 heterocycles. The summed E-state index contributed by atoms with van der Waals surface area (Å²) in [5.74, 6) is -0.309. The molecule has 0 aliphatic rings. The predicted molar refractivity (Wildman–Crippen MR) is 66.9 cm³/mol. The van der Waals surface area contributed by atoms with Crippen molar-refractivity contribution in [2.45, 2.75) is 47.6 Å². The van der Waals surface area contributed by atoms with Crippen LogP contribution in [0.25, 0.3) is 0 Å². The lowest BCUT2D eigenvalue weighted by molar-refractivity contribution is -0.147. The van der Waals surface area contributed by atoms with Crippen molar-refractivity contribution >= 4 is 5.97 Å². The molecule has 1 atom stereocenters. The minimum atomic E-state index is -0.155. The van der Waals surface area contributed by atoms with Crippen LogP contribution in [0, 0.1) is 19.8 Å². The second-order valence-corrected chi connectivity index (χ2v) is 4.34. The Balaban J connectivity index is 2.78. The smallest absolute Gasteiger partial charge is 0.310 e. The van der Waals surface area contributed by atoms with Gasteiger partial charge in [0.05, 0.1) is 24.8 Å². The van der Waals surface area contributed by atoms with Crippen molar-refractivity contribution in [3.05, 3.63) is 17.0 Å². The van der Waals surface area contributed by atoms with Crippen LogP contribution in [0.5, 0.6) is 0 Å². The molecule has 17 heavy (non-hydrogen) atoms. The first-order chi connectivity index (χ1) is 8.01. The lowest BCUT2D eigenvalue weighted by Gasteiger charge is -2.11. The molecule has 0 amide bonds. The largest absolute Gasteiger partial charge is 0.466 e. The average Bonchev–Trinajstić information content (AvgIpc) is 2.54. The highest BCUT2D eigenvalue weighted by Crippen LogP contribution is 2.15. The van der Waals surface area contributed by atoms with Crippen molar-refractivity contribution in [3.63, 3.8) is 0 Å². The molecule has 0 aliphatic carbocycles. The molecule has 1 rings (SSSR count). The van der Waals surface area contributed by atoms with Gasteiger partial charge in [-0.05, 0) is 32.8 Å². The normalized spacial score (nSPS) is 12.5. The van der Waals surface area contributed by atoms with E-state index in [1.54, 1.807) is 0 Å². The fourth-order valence-electron chi connectivity index (χ4n) is 2.04. The first-order valence-corrected chi connectivity index (χ1v) is 6.20. The molecular formula is C13H22N2O2. The van der Waals surface area contributed by atoms with Crippen molar-refractivity contribution in [3.8, 4) is 0 Å². The van der Waals surface area contributed by atoms with E-state index in [4.69, 9.17) is 4.74 Å². The summed E-state index contributed by atoms with van der Waals surface area (Å²) in [6, 6.07) is 0. The van der Waals surface area contributed by atoms with E-state index in [-0.39, 0.29) is 11.9 Å². The van der Waals surface area contributed by atoms with Gasteiger partial charge in [0.2, 0.25) is 0 Å². The Labute approximate surface area is 103 Å². The lowest BCUT2D eigenvalue weighted by atomic mass is 10.1. The maximum atomic E-state index is 11.6. The Hall–Kier alpha value is -1.32. The number of aryl methyl sites for hydroxylation is 1. The Kier molecular flexibility index (Phi) is 4.73. The number of nitrogens with zero attached hydrogens (tertiary/aromatic N) is 2. The topological polar surface area (TPSA) is 44.1 Å². The highest BCUT2D eigenvalue weighted by molar-refractivity contribution is 5.71. The molecule has 0 spiro atoms. The molecule has 0 fully saturated rings. The van der Waals surface area contributed by atoms with Gasteiger partial charge in [-0.3, -0.25) is 9.48 Å². The number of hydrogen-bond acceptors (Lipinski definition) is 3. The standard InChI is InChI=1S/C13H22N2O2/c1-6-12-10(4)14-15(11(12)5)8-9(3)13(16)17-7-2/h9H,6-8H2,1-5H3. The summed E-state index contributed by atoms with van der Waals surface area (Å²) in [7, 11) is 0. The molecule has 0 bridgehead atoms. The van der Waals surface area contributed by atoms with Gasteiger partial charge >= 0.3 is 5.97 Å². The summed E-state index contributed by atoms with van der Waals surface area (Å²) in [6.07, 6.45) is 0.978. The molecule has 0 saturated carbocycles. The molecule has 1 unspecified atom stereocenters. The van der Waals surface area contributed by atoms with E-state index in [1.165, 1.54) is 5.56 Å².